The summed E-state index contributed by atoms with van der Waals surface area (Å²) in [4.78, 5) is 30.2. The third kappa shape index (κ3) is 6.69. The molecule has 3 aromatic heterocycles. The van der Waals surface area contributed by atoms with Gasteiger partial charge in [-0.1, -0.05) is 6.07 Å². The third-order valence-corrected chi connectivity index (χ3v) is 7.97. The number of aromatic nitrogens is 4. The van der Waals surface area contributed by atoms with E-state index in [-0.39, 0.29) is 11.7 Å². The van der Waals surface area contributed by atoms with Crippen molar-refractivity contribution in [1.82, 2.24) is 29.3 Å². The van der Waals surface area contributed by atoms with E-state index in [1.807, 2.05) is 41.9 Å². The summed E-state index contributed by atoms with van der Waals surface area (Å²) in [5, 5.41) is 6.03. The first-order valence-corrected chi connectivity index (χ1v) is 14.6. The molecule has 2 N–H and O–H groups in total. The van der Waals surface area contributed by atoms with Crippen LogP contribution >= 0.6 is 0 Å². The maximum atomic E-state index is 14.8. The molecule has 1 aliphatic rings. The number of benzene rings is 2. The molecule has 4 heterocycles. The minimum atomic E-state index is -0.381. The van der Waals surface area contributed by atoms with Crippen LogP contribution in [0.25, 0.3) is 22.2 Å². The van der Waals surface area contributed by atoms with Crippen LogP contribution in [0.3, 0.4) is 0 Å². The predicted octanol–water partition coefficient (Wildman–Crippen LogP) is 5.67. The minimum Gasteiger partial charge on any atom is -0.457 e. The Morgan fingerprint density at radius 1 is 0.977 bits per heavy atom. The van der Waals surface area contributed by atoms with Crippen LogP contribution in [0.4, 0.5) is 21.8 Å². The molecule has 0 atom stereocenters. The number of pyridine rings is 2. The fraction of sp³-hybridized carbons (Fsp3) is 0.273. The van der Waals surface area contributed by atoms with E-state index in [1.165, 1.54) is 6.07 Å². The molecule has 5 aromatic rings. The molecule has 11 heteroatoms. The largest absolute Gasteiger partial charge is 0.457 e. The molecule has 0 saturated carbocycles. The Kier molecular flexibility index (Phi) is 8.49. The van der Waals surface area contributed by atoms with E-state index in [4.69, 9.17) is 9.72 Å². The number of fused-ring (bicyclic) bond motifs is 1. The average molecular weight is 595 g/mol. The molecular formula is C33H35FN8O2. The number of rotatable bonds is 9. The molecule has 1 amide bonds. The lowest BCUT2D eigenvalue weighted by Gasteiger charge is -2.34. The van der Waals surface area contributed by atoms with Crippen LogP contribution in [0, 0.1) is 5.82 Å². The molecule has 10 nitrogen and oxygen atoms in total. The van der Waals surface area contributed by atoms with Crippen molar-refractivity contribution in [2.24, 2.45) is 7.05 Å². The quantitative estimate of drug-likeness (QED) is 0.225. The molecule has 1 aliphatic heterocycles. The summed E-state index contributed by atoms with van der Waals surface area (Å²) in [6.45, 7) is 2.12. The van der Waals surface area contributed by atoms with Crippen molar-refractivity contribution in [1.29, 1.82) is 0 Å². The molecule has 1 saturated heterocycles. The van der Waals surface area contributed by atoms with Gasteiger partial charge >= 0.3 is 0 Å². The van der Waals surface area contributed by atoms with Gasteiger partial charge in [0.1, 0.15) is 23.1 Å². The van der Waals surface area contributed by atoms with Crippen molar-refractivity contribution in [2.75, 3.05) is 44.4 Å². The highest BCUT2D eigenvalue weighted by Crippen LogP contribution is 2.31. The van der Waals surface area contributed by atoms with Gasteiger partial charge in [-0.3, -0.25) is 14.7 Å². The van der Waals surface area contributed by atoms with Crippen molar-refractivity contribution in [3.63, 3.8) is 0 Å². The van der Waals surface area contributed by atoms with Gasteiger partial charge in [0.25, 0.3) is 0 Å². The molecule has 0 unspecified atom stereocenters. The highest BCUT2D eigenvalue weighted by molar-refractivity contribution is 5.91. The van der Waals surface area contributed by atoms with Gasteiger partial charge in [-0.15, -0.1) is 0 Å². The molecular weight excluding hydrogens is 559 g/mol. The van der Waals surface area contributed by atoms with Crippen LogP contribution < -0.4 is 15.4 Å². The van der Waals surface area contributed by atoms with Crippen LogP contribution in [0.2, 0.25) is 0 Å². The zero-order chi connectivity index (χ0) is 30.6. The van der Waals surface area contributed by atoms with Crippen LogP contribution in [0.5, 0.6) is 11.5 Å². The number of hydrogen-bond acceptors (Lipinski definition) is 8. The van der Waals surface area contributed by atoms with Gasteiger partial charge in [0, 0.05) is 56.9 Å². The summed E-state index contributed by atoms with van der Waals surface area (Å²) in [6, 6.07) is 18.2. The molecule has 226 valence electrons. The highest BCUT2D eigenvalue weighted by atomic mass is 19.1. The van der Waals surface area contributed by atoms with Gasteiger partial charge in [0.15, 0.2) is 0 Å². The van der Waals surface area contributed by atoms with Crippen LogP contribution in [-0.2, 0) is 11.8 Å². The number of halogens is 1. The maximum absolute atomic E-state index is 14.8. The smallest absolute Gasteiger partial charge is 0.239 e. The molecule has 0 radical (unpaired) electrons. The van der Waals surface area contributed by atoms with E-state index >= 15 is 0 Å². The predicted molar refractivity (Wildman–Crippen MR) is 170 cm³/mol. The lowest BCUT2D eigenvalue weighted by molar-refractivity contribution is -0.117. The van der Waals surface area contributed by atoms with E-state index < -0.39 is 0 Å². The Labute approximate surface area is 255 Å². The lowest BCUT2D eigenvalue weighted by atomic mass is 10.0. The van der Waals surface area contributed by atoms with Gasteiger partial charge in [-0.2, -0.15) is 0 Å². The highest BCUT2D eigenvalue weighted by Gasteiger charge is 2.22. The summed E-state index contributed by atoms with van der Waals surface area (Å²) >= 11 is 0. The molecule has 6 rings (SSSR count). The summed E-state index contributed by atoms with van der Waals surface area (Å²) in [5.74, 6) is 1.54. The van der Waals surface area contributed by atoms with E-state index in [9.17, 15) is 9.18 Å². The van der Waals surface area contributed by atoms with Crippen molar-refractivity contribution in [3.8, 4) is 22.6 Å². The number of anilines is 3. The summed E-state index contributed by atoms with van der Waals surface area (Å²) in [6.07, 6.45) is 7.11. The zero-order valence-electron chi connectivity index (χ0n) is 25.0. The van der Waals surface area contributed by atoms with Gasteiger partial charge in [-0.25, -0.2) is 14.4 Å². The van der Waals surface area contributed by atoms with Crippen LogP contribution in [0.1, 0.15) is 12.8 Å². The van der Waals surface area contributed by atoms with Crippen molar-refractivity contribution >= 4 is 34.4 Å². The van der Waals surface area contributed by atoms with Gasteiger partial charge in [0.2, 0.25) is 11.9 Å². The number of nitrogens with one attached hydrogen (secondary N) is 2. The number of carbonyl (C=O) groups is 1. The SMILES string of the molecule is CN(C)C1CCN(CC(=O)Nc2cc(Oc3ccc4c(c3)nc(Nc3cc(-c5ccncc5)ccc3F)n4C)ccn2)CC1. The molecule has 2 aromatic carbocycles. The number of amides is 1. The Hall–Kier alpha value is -4.87. The summed E-state index contributed by atoms with van der Waals surface area (Å²) in [7, 11) is 6.07. The first-order valence-electron chi connectivity index (χ1n) is 14.6. The molecule has 1 fully saturated rings. The first kappa shape index (κ1) is 29.2. The number of aryl methyl sites for hydroxylation is 1. The van der Waals surface area contributed by atoms with Crippen LogP contribution in [0.15, 0.2) is 79.3 Å². The van der Waals surface area contributed by atoms with E-state index in [0.29, 0.717) is 47.1 Å². The lowest BCUT2D eigenvalue weighted by Crippen LogP contribution is -2.44. The normalized spacial score (nSPS) is 14.2. The summed E-state index contributed by atoms with van der Waals surface area (Å²) < 4.78 is 22.7. The number of nitrogens with zero attached hydrogens (tertiary/aromatic N) is 6. The first-order chi connectivity index (χ1) is 21.3. The Morgan fingerprint density at radius 3 is 2.52 bits per heavy atom. The van der Waals surface area contributed by atoms with E-state index in [0.717, 1.165) is 42.6 Å². The topological polar surface area (TPSA) is 100 Å². The second kappa shape index (κ2) is 12.8. The maximum Gasteiger partial charge on any atom is 0.239 e. The standard InChI is InChI=1S/C33H35FN8O2/c1-40(2)24-11-16-42(17-12-24)21-32(43)39-31-20-26(10-15-36-31)44-25-5-7-30-29(19-25)38-33(41(30)3)37-28-18-23(4-6-27(28)34)22-8-13-35-14-9-22/h4-10,13-15,18-20,24H,11-12,16-17,21H2,1-3H3,(H,37,38)(H,36,39,43). The molecule has 44 heavy (non-hydrogen) atoms. The van der Waals surface area contributed by atoms with E-state index in [2.05, 4.69) is 44.5 Å². The summed E-state index contributed by atoms with van der Waals surface area (Å²) in [5.41, 5.74) is 3.65. The van der Waals surface area contributed by atoms with Crippen molar-refractivity contribution < 1.29 is 13.9 Å². The van der Waals surface area contributed by atoms with Crippen molar-refractivity contribution in [3.05, 3.63) is 85.1 Å². The third-order valence-electron chi connectivity index (χ3n) is 7.97. The fourth-order valence-electron chi connectivity index (χ4n) is 5.48. The number of carbonyl (C=O) groups excluding carboxylic acids is 1. The number of imidazole rings is 1. The van der Waals surface area contributed by atoms with Gasteiger partial charge in [-0.05, 0) is 80.5 Å². The Morgan fingerprint density at radius 2 is 1.75 bits per heavy atom. The zero-order valence-corrected chi connectivity index (χ0v) is 25.0. The average Bonchev–Trinajstić information content (AvgIpc) is 3.33. The Bertz CT molecular complexity index is 1770. The minimum absolute atomic E-state index is 0.101. The van der Waals surface area contributed by atoms with Gasteiger partial charge in [0.05, 0.1) is 23.3 Å². The molecule has 0 aliphatic carbocycles. The van der Waals surface area contributed by atoms with Crippen LogP contribution in [-0.4, -0.2) is 75.0 Å². The Balaban J connectivity index is 1.12. The van der Waals surface area contributed by atoms with Gasteiger partial charge < -0.3 is 24.8 Å². The molecule has 0 spiro atoms. The second-order valence-corrected chi connectivity index (χ2v) is 11.2. The number of likely N-dealkylation sites (tertiary alicyclic amines) is 1. The number of piperidine rings is 1. The monoisotopic (exact) mass is 594 g/mol. The second-order valence-electron chi connectivity index (χ2n) is 11.2. The van der Waals surface area contributed by atoms with Crippen molar-refractivity contribution in [2.45, 2.75) is 18.9 Å². The fourth-order valence-corrected chi connectivity index (χ4v) is 5.48. The number of ether oxygens (including phenoxy) is 1. The van der Waals surface area contributed by atoms with E-state index in [1.54, 1.807) is 42.9 Å². The number of hydrogen-bond donors (Lipinski definition) is 2. The molecule has 0 bridgehead atoms.